The van der Waals surface area contributed by atoms with Crippen LogP contribution >= 0.6 is 0 Å². The number of benzene rings is 1. The van der Waals surface area contributed by atoms with Crippen LogP contribution < -0.4 is 11.1 Å². The lowest BCUT2D eigenvalue weighted by atomic mass is 10.2. The molecule has 2 heterocycles. The number of hydrogen-bond donors (Lipinski definition) is 2. The van der Waals surface area contributed by atoms with Gasteiger partial charge in [-0.1, -0.05) is 0 Å². The monoisotopic (exact) mass is 298 g/mol. The molecule has 3 N–H and O–H groups in total. The van der Waals surface area contributed by atoms with Gasteiger partial charge in [0.2, 0.25) is 5.91 Å². The van der Waals surface area contributed by atoms with Crippen LogP contribution in [0.25, 0.3) is 16.9 Å². The van der Waals surface area contributed by atoms with E-state index in [4.69, 9.17) is 5.73 Å². The fourth-order valence-electron chi connectivity index (χ4n) is 2.18. The molecule has 0 saturated heterocycles. The fraction of sp³-hybridized carbons (Fsp3) is 0.125. The Labute approximate surface area is 126 Å². The molecule has 0 bridgehead atoms. The van der Waals surface area contributed by atoms with E-state index in [1.54, 1.807) is 24.4 Å². The van der Waals surface area contributed by atoms with Crippen LogP contribution in [0.15, 0.2) is 48.8 Å². The molecule has 0 aliphatic carbocycles. The highest BCUT2D eigenvalue weighted by Crippen LogP contribution is 2.20. The van der Waals surface area contributed by atoms with Crippen LogP contribution in [0.1, 0.15) is 6.42 Å². The molecule has 1 aromatic carbocycles. The molecule has 0 aliphatic rings. The predicted octanol–water partition coefficient (Wildman–Crippen LogP) is 2.43. The van der Waals surface area contributed by atoms with Crippen LogP contribution in [0.4, 0.5) is 10.1 Å². The van der Waals surface area contributed by atoms with E-state index in [2.05, 4.69) is 10.3 Å². The molecule has 1 amide bonds. The molecule has 22 heavy (non-hydrogen) atoms. The Morgan fingerprint density at radius 2 is 1.95 bits per heavy atom. The molecular weight excluding hydrogens is 283 g/mol. The van der Waals surface area contributed by atoms with Gasteiger partial charge in [-0.25, -0.2) is 9.37 Å². The SMILES string of the molecule is NCCC(=O)Nc1ccc2nc(-c3ccc(F)cc3)cn2c1. The summed E-state index contributed by atoms with van der Waals surface area (Å²) in [5, 5.41) is 2.77. The highest BCUT2D eigenvalue weighted by Gasteiger charge is 2.06. The van der Waals surface area contributed by atoms with Crippen LogP contribution in [-0.2, 0) is 4.79 Å². The zero-order valence-electron chi connectivity index (χ0n) is 11.8. The van der Waals surface area contributed by atoms with Gasteiger partial charge in [-0.3, -0.25) is 4.79 Å². The van der Waals surface area contributed by atoms with Crippen molar-refractivity contribution in [1.82, 2.24) is 9.38 Å². The summed E-state index contributed by atoms with van der Waals surface area (Å²) in [6.45, 7) is 0.313. The molecule has 0 spiro atoms. The van der Waals surface area contributed by atoms with E-state index in [0.717, 1.165) is 16.9 Å². The Balaban J connectivity index is 1.90. The van der Waals surface area contributed by atoms with E-state index in [0.29, 0.717) is 12.2 Å². The molecular formula is C16H15FN4O. The minimum atomic E-state index is -0.280. The first-order valence-corrected chi connectivity index (χ1v) is 6.90. The third kappa shape index (κ3) is 2.96. The van der Waals surface area contributed by atoms with Gasteiger partial charge in [0.15, 0.2) is 0 Å². The first kappa shape index (κ1) is 14.2. The van der Waals surface area contributed by atoms with Crippen LogP contribution in [0.2, 0.25) is 0 Å². The van der Waals surface area contributed by atoms with Crippen LogP contribution in [0, 0.1) is 5.82 Å². The molecule has 112 valence electrons. The van der Waals surface area contributed by atoms with E-state index in [-0.39, 0.29) is 18.1 Å². The molecule has 6 heteroatoms. The third-order valence-corrected chi connectivity index (χ3v) is 3.25. The van der Waals surface area contributed by atoms with Gasteiger partial charge in [0, 0.05) is 30.9 Å². The van der Waals surface area contributed by atoms with E-state index in [1.165, 1.54) is 12.1 Å². The molecule has 0 radical (unpaired) electrons. The second-order valence-corrected chi connectivity index (χ2v) is 4.90. The first-order valence-electron chi connectivity index (χ1n) is 6.90. The zero-order chi connectivity index (χ0) is 15.5. The number of carbonyl (C=O) groups excluding carboxylic acids is 1. The molecule has 0 fully saturated rings. The Hall–Kier alpha value is -2.73. The third-order valence-electron chi connectivity index (χ3n) is 3.25. The summed E-state index contributed by atoms with van der Waals surface area (Å²) in [5.74, 6) is -0.405. The Bertz CT molecular complexity index is 811. The van der Waals surface area contributed by atoms with E-state index < -0.39 is 0 Å². The van der Waals surface area contributed by atoms with E-state index in [1.807, 2.05) is 16.7 Å². The number of pyridine rings is 1. The van der Waals surface area contributed by atoms with Gasteiger partial charge in [-0.05, 0) is 36.4 Å². The summed E-state index contributed by atoms with van der Waals surface area (Å²) in [7, 11) is 0. The van der Waals surface area contributed by atoms with Gasteiger partial charge < -0.3 is 15.5 Å². The van der Waals surface area contributed by atoms with Crippen molar-refractivity contribution in [3.05, 3.63) is 54.6 Å². The average molecular weight is 298 g/mol. The number of amides is 1. The van der Waals surface area contributed by atoms with Crippen LogP contribution in [-0.4, -0.2) is 21.8 Å². The van der Waals surface area contributed by atoms with Crippen molar-refractivity contribution in [3.8, 4) is 11.3 Å². The Morgan fingerprint density at radius 3 is 2.68 bits per heavy atom. The fourth-order valence-corrected chi connectivity index (χ4v) is 2.18. The highest BCUT2D eigenvalue weighted by atomic mass is 19.1. The Morgan fingerprint density at radius 1 is 1.18 bits per heavy atom. The lowest BCUT2D eigenvalue weighted by molar-refractivity contribution is -0.116. The van der Waals surface area contributed by atoms with Crippen molar-refractivity contribution in [2.24, 2.45) is 5.73 Å². The highest BCUT2D eigenvalue weighted by molar-refractivity contribution is 5.90. The summed E-state index contributed by atoms with van der Waals surface area (Å²) in [5.41, 5.74) is 8.34. The number of aromatic nitrogens is 2. The molecule has 0 saturated carbocycles. The molecule has 0 atom stereocenters. The quantitative estimate of drug-likeness (QED) is 0.777. The topological polar surface area (TPSA) is 72.4 Å². The van der Waals surface area contributed by atoms with Crippen molar-refractivity contribution in [3.63, 3.8) is 0 Å². The van der Waals surface area contributed by atoms with Crippen LogP contribution in [0.5, 0.6) is 0 Å². The normalized spacial score (nSPS) is 10.8. The predicted molar refractivity (Wildman–Crippen MR) is 82.9 cm³/mol. The largest absolute Gasteiger partial charge is 0.330 e. The lowest BCUT2D eigenvalue weighted by Crippen LogP contribution is -2.16. The van der Waals surface area contributed by atoms with Crippen molar-refractivity contribution in [1.29, 1.82) is 0 Å². The second kappa shape index (κ2) is 5.95. The summed E-state index contributed by atoms with van der Waals surface area (Å²) in [6.07, 6.45) is 3.90. The lowest BCUT2D eigenvalue weighted by Gasteiger charge is -2.04. The number of fused-ring (bicyclic) bond motifs is 1. The van der Waals surface area contributed by atoms with Gasteiger partial charge in [0.25, 0.3) is 0 Å². The number of carbonyl (C=O) groups is 1. The number of rotatable bonds is 4. The van der Waals surface area contributed by atoms with Gasteiger partial charge in [-0.2, -0.15) is 0 Å². The number of imidazole rings is 1. The summed E-state index contributed by atoms with van der Waals surface area (Å²) < 4.78 is 14.8. The minimum absolute atomic E-state index is 0.124. The second-order valence-electron chi connectivity index (χ2n) is 4.90. The molecule has 0 aliphatic heterocycles. The van der Waals surface area contributed by atoms with E-state index >= 15 is 0 Å². The number of halogens is 1. The number of nitrogens with two attached hydrogens (primary N) is 1. The number of anilines is 1. The van der Waals surface area contributed by atoms with Gasteiger partial charge >= 0.3 is 0 Å². The van der Waals surface area contributed by atoms with Crippen LogP contribution in [0.3, 0.4) is 0 Å². The molecule has 5 nitrogen and oxygen atoms in total. The first-order chi connectivity index (χ1) is 10.7. The number of nitrogens with one attached hydrogen (secondary N) is 1. The zero-order valence-corrected chi connectivity index (χ0v) is 11.8. The number of hydrogen-bond acceptors (Lipinski definition) is 3. The standard InChI is InChI=1S/C16H15FN4O/c17-12-3-1-11(2-4-12)14-10-21-9-13(5-6-15(21)20-14)19-16(22)7-8-18/h1-6,9-10H,7-8,18H2,(H,19,22). The maximum atomic E-state index is 13.0. The van der Waals surface area contributed by atoms with Gasteiger partial charge in [-0.15, -0.1) is 0 Å². The average Bonchev–Trinajstić information content (AvgIpc) is 2.91. The smallest absolute Gasteiger partial charge is 0.225 e. The number of nitrogens with zero attached hydrogens (tertiary/aromatic N) is 2. The summed E-state index contributed by atoms with van der Waals surface area (Å²) in [6, 6.07) is 9.76. The molecule has 0 unspecified atom stereocenters. The van der Waals surface area contributed by atoms with Crippen molar-refractivity contribution in [2.75, 3.05) is 11.9 Å². The Kier molecular flexibility index (Phi) is 3.84. The van der Waals surface area contributed by atoms with Crippen molar-refractivity contribution < 1.29 is 9.18 Å². The van der Waals surface area contributed by atoms with E-state index in [9.17, 15) is 9.18 Å². The van der Waals surface area contributed by atoms with Gasteiger partial charge in [0.05, 0.1) is 11.4 Å². The summed E-state index contributed by atoms with van der Waals surface area (Å²) in [4.78, 5) is 16.0. The van der Waals surface area contributed by atoms with Crippen molar-refractivity contribution in [2.45, 2.75) is 6.42 Å². The molecule has 3 rings (SSSR count). The molecule has 2 aromatic heterocycles. The van der Waals surface area contributed by atoms with Crippen molar-refractivity contribution >= 4 is 17.2 Å². The maximum absolute atomic E-state index is 13.0. The van der Waals surface area contributed by atoms with Gasteiger partial charge in [0.1, 0.15) is 11.5 Å². The molecule has 3 aromatic rings. The summed E-state index contributed by atoms with van der Waals surface area (Å²) >= 11 is 0. The maximum Gasteiger partial charge on any atom is 0.225 e. The minimum Gasteiger partial charge on any atom is -0.330 e.